The number of aryl methyl sites for hydroxylation is 1. The molecule has 92 valence electrons. The highest BCUT2D eigenvalue weighted by molar-refractivity contribution is 9.10. The Hall–Kier alpha value is -1.00. The molecule has 2 nitrogen and oxygen atoms in total. The first-order chi connectivity index (χ1) is 8.74. The summed E-state index contributed by atoms with van der Waals surface area (Å²) in [5.74, 6) is 1.47. The van der Waals surface area contributed by atoms with Crippen molar-refractivity contribution in [2.24, 2.45) is 0 Å². The van der Waals surface area contributed by atoms with E-state index in [1.54, 1.807) is 6.20 Å². The molecule has 1 aromatic heterocycles. The fourth-order valence-corrected chi connectivity index (χ4v) is 2.89. The average molecular weight is 321 g/mol. The Morgan fingerprint density at radius 2 is 2.06 bits per heavy atom. The Labute approximate surface area is 120 Å². The van der Waals surface area contributed by atoms with Gasteiger partial charge in [0.2, 0.25) is 0 Å². The summed E-state index contributed by atoms with van der Waals surface area (Å²) in [6.07, 6.45) is 5.11. The number of benzene rings is 1. The Morgan fingerprint density at radius 1 is 1.28 bits per heavy atom. The van der Waals surface area contributed by atoms with Gasteiger partial charge in [0.1, 0.15) is 10.5 Å². The van der Waals surface area contributed by atoms with E-state index < -0.39 is 0 Å². The maximum absolute atomic E-state index is 5.25. The first-order valence-corrected chi connectivity index (χ1v) is 7.25. The molecule has 3 rings (SSSR count). The molecule has 0 bridgehead atoms. The highest BCUT2D eigenvalue weighted by Gasteiger charge is 2.21. The van der Waals surface area contributed by atoms with Gasteiger partial charge in [-0.05, 0) is 46.3 Å². The number of nitrogens with zero attached hydrogens (tertiary/aromatic N) is 1. The molecule has 1 aliphatic carbocycles. The van der Waals surface area contributed by atoms with Gasteiger partial charge in [0.15, 0.2) is 0 Å². The van der Waals surface area contributed by atoms with Gasteiger partial charge in [-0.1, -0.05) is 36.5 Å². The van der Waals surface area contributed by atoms with Gasteiger partial charge in [-0.2, -0.15) is 0 Å². The third-order valence-corrected chi connectivity index (χ3v) is 4.69. The molecule has 0 spiro atoms. The van der Waals surface area contributed by atoms with E-state index in [0.717, 1.165) is 34.2 Å². The maximum Gasteiger partial charge on any atom is 0.120 e. The number of aromatic nitrogens is 2. The van der Waals surface area contributed by atoms with Crippen molar-refractivity contribution < 1.29 is 0 Å². The van der Waals surface area contributed by atoms with Gasteiger partial charge in [0.25, 0.3) is 0 Å². The van der Waals surface area contributed by atoms with Crippen LogP contribution in [0.5, 0.6) is 0 Å². The van der Waals surface area contributed by atoms with Crippen molar-refractivity contribution in [2.45, 2.75) is 25.2 Å². The van der Waals surface area contributed by atoms with Crippen LogP contribution in [-0.2, 0) is 12.8 Å². The molecule has 0 saturated carbocycles. The quantitative estimate of drug-likeness (QED) is 0.799. The number of hydrogen-bond donors (Lipinski definition) is 1. The SMILES string of the molecule is S=c1[nH]c(C2CCc3ccccc3C2)ncc1Br. The van der Waals surface area contributed by atoms with Gasteiger partial charge in [0, 0.05) is 12.1 Å². The van der Waals surface area contributed by atoms with Crippen LogP contribution >= 0.6 is 28.1 Å². The highest BCUT2D eigenvalue weighted by Crippen LogP contribution is 2.31. The zero-order valence-corrected chi connectivity index (χ0v) is 12.2. The second kappa shape index (κ2) is 4.94. The number of H-pyrrole nitrogens is 1. The van der Waals surface area contributed by atoms with Gasteiger partial charge in [-0.15, -0.1) is 0 Å². The third-order valence-electron chi connectivity index (χ3n) is 3.51. The van der Waals surface area contributed by atoms with Crippen molar-refractivity contribution in [1.29, 1.82) is 0 Å². The zero-order valence-electron chi connectivity index (χ0n) is 9.82. The van der Waals surface area contributed by atoms with Gasteiger partial charge in [0.05, 0.1) is 4.47 Å². The summed E-state index contributed by atoms with van der Waals surface area (Å²) < 4.78 is 1.59. The third kappa shape index (κ3) is 2.27. The fourth-order valence-electron chi connectivity index (χ4n) is 2.53. The molecule has 1 unspecified atom stereocenters. The number of hydrogen-bond acceptors (Lipinski definition) is 2. The Kier molecular flexibility index (Phi) is 3.31. The summed E-state index contributed by atoms with van der Waals surface area (Å²) in [5.41, 5.74) is 2.92. The van der Waals surface area contributed by atoms with Gasteiger partial charge < -0.3 is 4.98 Å². The molecule has 1 N–H and O–H groups in total. The predicted octanol–water partition coefficient (Wildman–Crippen LogP) is 4.17. The minimum absolute atomic E-state index is 0.453. The number of aromatic amines is 1. The standard InChI is InChI=1S/C14H13BrN2S/c15-12-8-16-13(17-14(12)18)11-6-5-9-3-1-2-4-10(9)7-11/h1-4,8,11H,5-7H2,(H,16,17,18). The smallest absolute Gasteiger partial charge is 0.120 e. The maximum atomic E-state index is 5.25. The lowest BCUT2D eigenvalue weighted by molar-refractivity contribution is 0.553. The molecule has 0 saturated heterocycles. The largest absolute Gasteiger partial charge is 0.334 e. The minimum Gasteiger partial charge on any atom is -0.334 e. The van der Waals surface area contributed by atoms with E-state index in [2.05, 4.69) is 50.2 Å². The minimum atomic E-state index is 0.453. The number of halogens is 1. The van der Waals surface area contributed by atoms with Crippen LogP contribution in [0.25, 0.3) is 0 Å². The van der Waals surface area contributed by atoms with Gasteiger partial charge in [-0.3, -0.25) is 0 Å². The lowest BCUT2D eigenvalue weighted by Gasteiger charge is -2.23. The second-order valence-corrected chi connectivity index (χ2v) is 5.92. The van der Waals surface area contributed by atoms with E-state index in [1.807, 2.05) is 0 Å². The molecule has 4 heteroatoms. The van der Waals surface area contributed by atoms with Gasteiger partial charge >= 0.3 is 0 Å². The molecule has 0 amide bonds. The van der Waals surface area contributed by atoms with Crippen LogP contribution in [0.1, 0.15) is 29.3 Å². The van der Waals surface area contributed by atoms with E-state index >= 15 is 0 Å². The zero-order chi connectivity index (χ0) is 12.5. The summed E-state index contributed by atoms with van der Waals surface area (Å²) in [4.78, 5) is 7.70. The lowest BCUT2D eigenvalue weighted by Crippen LogP contribution is -2.15. The van der Waals surface area contributed by atoms with Crippen LogP contribution < -0.4 is 0 Å². The van der Waals surface area contributed by atoms with Crippen LogP contribution in [0.4, 0.5) is 0 Å². The molecular weight excluding hydrogens is 308 g/mol. The predicted molar refractivity (Wildman–Crippen MR) is 78.3 cm³/mol. The van der Waals surface area contributed by atoms with Crippen molar-refractivity contribution in [3.63, 3.8) is 0 Å². The van der Waals surface area contributed by atoms with E-state index in [1.165, 1.54) is 11.1 Å². The van der Waals surface area contributed by atoms with Crippen molar-refractivity contribution in [2.75, 3.05) is 0 Å². The van der Waals surface area contributed by atoms with Crippen molar-refractivity contribution in [3.8, 4) is 0 Å². The first-order valence-electron chi connectivity index (χ1n) is 6.05. The highest BCUT2D eigenvalue weighted by atomic mass is 79.9. The molecule has 0 radical (unpaired) electrons. The molecule has 2 aromatic rings. The van der Waals surface area contributed by atoms with Crippen molar-refractivity contribution in [3.05, 3.63) is 56.5 Å². The van der Waals surface area contributed by atoms with Gasteiger partial charge in [-0.25, -0.2) is 4.98 Å². The molecule has 1 aliphatic rings. The lowest BCUT2D eigenvalue weighted by atomic mass is 9.83. The molecule has 18 heavy (non-hydrogen) atoms. The summed E-state index contributed by atoms with van der Waals surface area (Å²) in [5, 5.41) is 0. The van der Waals surface area contributed by atoms with Crippen LogP contribution in [0, 0.1) is 4.64 Å². The average Bonchev–Trinajstić information content (AvgIpc) is 2.41. The Morgan fingerprint density at radius 3 is 2.83 bits per heavy atom. The Bertz CT molecular complexity index is 636. The van der Waals surface area contributed by atoms with Crippen LogP contribution in [0.2, 0.25) is 0 Å². The summed E-state index contributed by atoms with van der Waals surface area (Å²) in [6, 6.07) is 8.67. The number of nitrogens with one attached hydrogen (secondary N) is 1. The van der Waals surface area contributed by atoms with Crippen LogP contribution in [0.3, 0.4) is 0 Å². The van der Waals surface area contributed by atoms with E-state index in [4.69, 9.17) is 12.2 Å². The van der Waals surface area contributed by atoms with E-state index in [9.17, 15) is 0 Å². The number of rotatable bonds is 1. The van der Waals surface area contributed by atoms with E-state index in [-0.39, 0.29) is 0 Å². The molecule has 1 aromatic carbocycles. The summed E-state index contributed by atoms with van der Waals surface area (Å²) in [7, 11) is 0. The molecule has 0 aliphatic heterocycles. The van der Waals surface area contributed by atoms with Crippen LogP contribution in [-0.4, -0.2) is 9.97 Å². The number of fused-ring (bicyclic) bond motifs is 1. The molecule has 1 heterocycles. The summed E-state index contributed by atoms with van der Waals surface area (Å²) >= 11 is 8.63. The monoisotopic (exact) mass is 320 g/mol. The summed E-state index contributed by atoms with van der Waals surface area (Å²) in [6.45, 7) is 0. The van der Waals surface area contributed by atoms with E-state index in [0.29, 0.717) is 5.92 Å². The molecular formula is C14H13BrN2S. The van der Waals surface area contributed by atoms with Crippen molar-refractivity contribution in [1.82, 2.24) is 9.97 Å². The molecule has 0 fully saturated rings. The first kappa shape index (κ1) is 12.1. The fraction of sp³-hybridized carbons (Fsp3) is 0.286. The Balaban J connectivity index is 1.92. The second-order valence-electron chi connectivity index (χ2n) is 4.65. The van der Waals surface area contributed by atoms with Crippen molar-refractivity contribution >= 4 is 28.1 Å². The normalized spacial score (nSPS) is 18.4. The topological polar surface area (TPSA) is 28.7 Å². The van der Waals surface area contributed by atoms with Crippen LogP contribution in [0.15, 0.2) is 34.9 Å². The molecule has 1 atom stereocenters.